The molecular weight excluding hydrogens is 280 g/mol. The molecule has 3 atom stereocenters. The Hall–Kier alpha value is -1.63. The van der Waals surface area contributed by atoms with Crippen molar-refractivity contribution in [2.45, 2.75) is 46.0 Å². The monoisotopic (exact) mass is 294 g/mol. The van der Waals surface area contributed by atoms with Gasteiger partial charge in [0.25, 0.3) is 5.24 Å². The fourth-order valence-corrected chi connectivity index (χ4v) is 0.976. The minimum atomic E-state index is -1.25. The maximum absolute atomic E-state index is 11.4. The lowest BCUT2D eigenvalue weighted by molar-refractivity contribution is -0.178. The largest absolute Gasteiger partial charge is 0.451 e. The molecule has 0 aromatic carbocycles. The molecule has 8 heteroatoms. The topological polar surface area (TPSA) is 96.0 Å². The average Bonchev–Trinajstić information content (AvgIpc) is 2.27. The quantitative estimate of drug-likeness (QED) is 0.401. The van der Waals surface area contributed by atoms with Crippen LogP contribution in [0.25, 0.3) is 0 Å². The van der Waals surface area contributed by atoms with Crippen LogP contribution in [0.3, 0.4) is 0 Å². The summed E-state index contributed by atoms with van der Waals surface area (Å²) in [6.07, 6.45) is -3.52. The molecule has 0 saturated heterocycles. The lowest BCUT2D eigenvalue weighted by atomic mass is 10.3. The number of rotatable bonds is 6. The summed E-state index contributed by atoms with van der Waals surface area (Å²) in [6.45, 7) is 4.97. The molecule has 0 saturated carbocycles. The van der Waals surface area contributed by atoms with Gasteiger partial charge in [-0.3, -0.25) is 9.59 Å². The molecule has 0 spiro atoms. The van der Waals surface area contributed by atoms with Crippen LogP contribution < -0.4 is 0 Å². The third-order valence-corrected chi connectivity index (χ3v) is 2.22. The van der Waals surface area contributed by atoms with Gasteiger partial charge in [0.2, 0.25) is 0 Å². The van der Waals surface area contributed by atoms with Gasteiger partial charge in [-0.05, 0) is 32.4 Å². The highest BCUT2D eigenvalue weighted by Crippen LogP contribution is 2.05. The van der Waals surface area contributed by atoms with E-state index < -0.39 is 41.5 Å². The summed E-state index contributed by atoms with van der Waals surface area (Å²) in [4.78, 5) is 44.1. The molecule has 0 N–H and O–H groups in total. The van der Waals surface area contributed by atoms with Gasteiger partial charge in [0.15, 0.2) is 18.3 Å². The number of halogens is 1. The molecule has 108 valence electrons. The molecule has 0 aliphatic heterocycles. The number of hydrogen-bond donors (Lipinski definition) is 0. The molecule has 19 heavy (non-hydrogen) atoms. The van der Waals surface area contributed by atoms with E-state index in [1.807, 2.05) is 0 Å². The number of ether oxygens (including phenoxy) is 3. The van der Waals surface area contributed by atoms with Crippen LogP contribution in [-0.2, 0) is 33.4 Å². The highest BCUT2D eigenvalue weighted by atomic mass is 35.5. The zero-order chi connectivity index (χ0) is 15.2. The molecule has 0 unspecified atom stereocenters. The standard InChI is InChI=1S/C11H15ClO7/c1-5(9(12)14)18-11(16)7(3)19-10(15)6(2)17-8(4)13/h5-7H,1-4H3/t5-,6-,7-/m0/s1. The second kappa shape index (κ2) is 7.73. The van der Waals surface area contributed by atoms with Crippen LogP contribution in [0.2, 0.25) is 0 Å². The second-order valence-corrected chi connectivity index (χ2v) is 4.09. The van der Waals surface area contributed by atoms with Crippen molar-refractivity contribution in [2.24, 2.45) is 0 Å². The molecule has 0 bridgehead atoms. The Bertz CT molecular complexity index is 379. The van der Waals surface area contributed by atoms with E-state index in [0.29, 0.717) is 0 Å². The van der Waals surface area contributed by atoms with Gasteiger partial charge in [0.1, 0.15) is 0 Å². The predicted molar refractivity (Wildman–Crippen MR) is 63.2 cm³/mol. The van der Waals surface area contributed by atoms with Crippen LogP contribution >= 0.6 is 11.6 Å². The van der Waals surface area contributed by atoms with E-state index in [-0.39, 0.29) is 0 Å². The number of carbonyl (C=O) groups excluding carboxylic acids is 4. The Kier molecular flexibility index (Phi) is 7.06. The Morgan fingerprint density at radius 2 is 1.16 bits per heavy atom. The average molecular weight is 295 g/mol. The first-order valence-corrected chi connectivity index (χ1v) is 5.80. The molecular formula is C11H15ClO7. The van der Waals surface area contributed by atoms with Crippen LogP contribution in [-0.4, -0.2) is 41.5 Å². The lowest BCUT2D eigenvalue weighted by Gasteiger charge is -2.17. The van der Waals surface area contributed by atoms with Crippen LogP contribution in [0.5, 0.6) is 0 Å². The molecule has 0 heterocycles. The van der Waals surface area contributed by atoms with Crippen LogP contribution in [0.15, 0.2) is 0 Å². The Morgan fingerprint density at radius 1 is 0.789 bits per heavy atom. The zero-order valence-corrected chi connectivity index (χ0v) is 11.7. The summed E-state index contributed by atoms with van der Waals surface area (Å²) in [7, 11) is 0. The second-order valence-electron chi connectivity index (χ2n) is 3.71. The van der Waals surface area contributed by atoms with Crippen molar-refractivity contribution in [3.8, 4) is 0 Å². The highest BCUT2D eigenvalue weighted by molar-refractivity contribution is 6.64. The fourth-order valence-electron chi connectivity index (χ4n) is 0.932. The van der Waals surface area contributed by atoms with Crippen molar-refractivity contribution in [3.05, 3.63) is 0 Å². The maximum atomic E-state index is 11.4. The summed E-state index contributed by atoms with van der Waals surface area (Å²) in [5, 5.41) is -0.847. The minimum absolute atomic E-state index is 0.652. The molecule has 0 radical (unpaired) electrons. The van der Waals surface area contributed by atoms with Crippen molar-refractivity contribution in [1.29, 1.82) is 0 Å². The first-order chi connectivity index (χ1) is 8.65. The molecule has 0 aromatic rings. The number of carbonyl (C=O) groups is 4. The molecule has 0 amide bonds. The first kappa shape index (κ1) is 17.4. The Balaban J connectivity index is 4.32. The van der Waals surface area contributed by atoms with Crippen molar-refractivity contribution < 1.29 is 33.4 Å². The molecule has 0 aromatic heterocycles. The third kappa shape index (κ3) is 6.76. The fraction of sp³-hybridized carbons (Fsp3) is 0.636. The van der Waals surface area contributed by atoms with Crippen LogP contribution in [0, 0.1) is 0 Å². The van der Waals surface area contributed by atoms with Gasteiger partial charge >= 0.3 is 17.9 Å². The van der Waals surface area contributed by atoms with E-state index in [9.17, 15) is 19.2 Å². The van der Waals surface area contributed by atoms with Crippen molar-refractivity contribution >= 4 is 34.8 Å². The molecule has 0 fully saturated rings. The van der Waals surface area contributed by atoms with E-state index in [0.717, 1.165) is 6.92 Å². The number of esters is 3. The third-order valence-electron chi connectivity index (χ3n) is 1.91. The van der Waals surface area contributed by atoms with E-state index in [1.165, 1.54) is 20.8 Å². The Labute approximate surface area is 115 Å². The van der Waals surface area contributed by atoms with Crippen molar-refractivity contribution in [3.63, 3.8) is 0 Å². The van der Waals surface area contributed by atoms with E-state index in [1.54, 1.807) is 0 Å². The predicted octanol–water partition coefficient (Wildman–Crippen LogP) is 0.567. The maximum Gasteiger partial charge on any atom is 0.347 e. The van der Waals surface area contributed by atoms with Gasteiger partial charge in [-0.25, -0.2) is 9.59 Å². The van der Waals surface area contributed by atoms with Gasteiger partial charge < -0.3 is 14.2 Å². The summed E-state index contributed by atoms with van der Waals surface area (Å²) in [5.74, 6) is -2.48. The number of hydrogen-bond acceptors (Lipinski definition) is 7. The zero-order valence-electron chi connectivity index (χ0n) is 11.0. The van der Waals surface area contributed by atoms with Crippen LogP contribution in [0.1, 0.15) is 27.7 Å². The van der Waals surface area contributed by atoms with Gasteiger partial charge in [0, 0.05) is 6.92 Å². The van der Waals surface area contributed by atoms with Crippen molar-refractivity contribution in [2.75, 3.05) is 0 Å². The van der Waals surface area contributed by atoms with E-state index >= 15 is 0 Å². The molecule has 0 aliphatic rings. The first-order valence-electron chi connectivity index (χ1n) is 5.42. The van der Waals surface area contributed by atoms with Gasteiger partial charge in [-0.2, -0.15) is 0 Å². The highest BCUT2D eigenvalue weighted by Gasteiger charge is 2.26. The van der Waals surface area contributed by atoms with Crippen LogP contribution in [0.4, 0.5) is 0 Å². The summed E-state index contributed by atoms with van der Waals surface area (Å²) < 4.78 is 13.9. The summed E-state index contributed by atoms with van der Waals surface area (Å²) in [6, 6.07) is 0. The normalized spacial score (nSPS) is 14.8. The van der Waals surface area contributed by atoms with E-state index in [2.05, 4.69) is 9.47 Å². The Morgan fingerprint density at radius 3 is 1.53 bits per heavy atom. The van der Waals surface area contributed by atoms with E-state index in [4.69, 9.17) is 16.3 Å². The lowest BCUT2D eigenvalue weighted by Crippen LogP contribution is -2.34. The summed E-state index contributed by atoms with van der Waals surface area (Å²) >= 11 is 5.11. The summed E-state index contributed by atoms with van der Waals surface area (Å²) in [5.41, 5.74) is 0. The SMILES string of the molecule is CC(=O)O[C@@H](C)C(=O)O[C@@H](C)C(=O)O[C@@H](C)C(=O)Cl. The van der Waals surface area contributed by atoms with Gasteiger partial charge in [0.05, 0.1) is 0 Å². The van der Waals surface area contributed by atoms with Gasteiger partial charge in [-0.1, -0.05) is 0 Å². The van der Waals surface area contributed by atoms with Crippen molar-refractivity contribution in [1.82, 2.24) is 0 Å². The smallest absolute Gasteiger partial charge is 0.347 e. The van der Waals surface area contributed by atoms with Gasteiger partial charge in [-0.15, -0.1) is 0 Å². The molecule has 0 rings (SSSR count). The molecule has 7 nitrogen and oxygen atoms in total. The minimum Gasteiger partial charge on any atom is -0.451 e. The molecule has 0 aliphatic carbocycles.